The van der Waals surface area contributed by atoms with E-state index < -0.39 is 48.9 Å². The summed E-state index contributed by atoms with van der Waals surface area (Å²) in [5.41, 5.74) is 6.11. The zero-order valence-electron chi connectivity index (χ0n) is 12.9. The van der Waals surface area contributed by atoms with Crippen LogP contribution in [0, 0.1) is 0 Å². The highest BCUT2D eigenvalue weighted by Gasteiger charge is 2.44. The molecule has 24 heavy (non-hydrogen) atoms. The number of carbonyl (C=O) groups is 2. The van der Waals surface area contributed by atoms with E-state index in [0.29, 0.717) is 5.01 Å². The molecule has 1 aromatic heterocycles. The number of pyridine rings is 1. The number of imide groups is 1. The number of hydrogen-bond acceptors (Lipinski definition) is 9. The van der Waals surface area contributed by atoms with E-state index in [2.05, 4.69) is 4.98 Å². The summed E-state index contributed by atoms with van der Waals surface area (Å²) in [7, 11) is 0. The Morgan fingerprint density at radius 3 is 2.62 bits per heavy atom. The summed E-state index contributed by atoms with van der Waals surface area (Å²) in [6, 6.07) is 0.254. The highest BCUT2D eigenvalue weighted by atomic mass is 16.5. The predicted octanol–water partition coefficient (Wildman–Crippen LogP) is -2.57. The van der Waals surface area contributed by atoms with Gasteiger partial charge in [-0.1, -0.05) is 0 Å². The van der Waals surface area contributed by atoms with Gasteiger partial charge in [-0.05, 0) is 6.07 Å². The second kappa shape index (κ2) is 7.30. The van der Waals surface area contributed by atoms with Crippen molar-refractivity contribution in [2.24, 2.45) is 11.6 Å². The summed E-state index contributed by atoms with van der Waals surface area (Å²) >= 11 is 0. The Kier molecular flexibility index (Phi) is 5.59. The Balaban J connectivity index is 2.41. The Labute approximate surface area is 137 Å². The monoisotopic (exact) mass is 340 g/mol. The zero-order chi connectivity index (χ0) is 18.0. The zero-order valence-corrected chi connectivity index (χ0v) is 12.9. The molecule has 7 N–H and O–H groups in total. The third kappa shape index (κ3) is 3.29. The number of hydrogen-bond donors (Lipinski definition) is 5. The van der Waals surface area contributed by atoms with Crippen LogP contribution in [-0.2, 0) is 9.53 Å². The van der Waals surface area contributed by atoms with Crippen molar-refractivity contribution in [2.75, 3.05) is 6.61 Å². The highest BCUT2D eigenvalue weighted by Crippen LogP contribution is 2.32. The van der Waals surface area contributed by atoms with Crippen LogP contribution >= 0.6 is 0 Å². The van der Waals surface area contributed by atoms with Gasteiger partial charge in [-0.25, -0.2) is 10.9 Å². The summed E-state index contributed by atoms with van der Waals surface area (Å²) in [5.74, 6) is 3.98. The Morgan fingerprint density at radius 2 is 2.04 bits per heavy atom. The number of aromatic nitrogens is 1. The number of aliphatic hydroxyl groups is 3. The molecule has 0 spiro atoms. The molecule has 0 aliphatic carbocycles. The van der Waals surface area contributed by atoms with Crippen LogP contribution in [0.15, 0.2) is 18.5 Å². The van der Waals surface area contributed by atoms with Crippen molar-refractivity contribution in [3.8, 4) is 0 Å². The van der Waals surface area contributed by atoms with Gasteiger partial charge in [-0.15, -0.1) is 0 Å². The van der Waals surface area contributed by atoms with Gasteiger partial charge >= 0.3 is 0 Å². The van der Waals surface area contributed by atoms with Crippen molar-refractivity contribution in [2.45, 2.75) is 37.4 Å². The summed E-state index contributed by atoms with van der Waals surface area (Å²) in [5, 5.41) is 29.6. The molecule has 0 saturated carbocycles. The first-order valence-electron chi connectivity index (χ1n) is 7.21. The maximum Gasteiger partial charge on any atom is 0.275 e. The molecule has 2 heterocycles. The Morgan fingerprint density at radius 1 is 1.38 bits per heavy atom. The Hall–Kier alpha value is -1.95. The van der Waals surface area contributed by atoms with E-state index >= 15 is 0 Å². The third-order valence-electron chi connectivity index (χ3n) is 3.92. The maximum absolute atomic E-state index is 12.3. The van der Waals surface area contributed by atoms with Crippen LogP contribution in [0.25, 0.3) is 0 Å². The molecule has 10 heteroatoms. The number of ether oxygens (including phenoxy) is 1. The molecule has 0 radical (unpaired) electrons. The second-order valence-corrected chi connectivity index (χ2v) is 5.49. The SMILES string of the molecule is CC(=O)N(N)C(=O)c1ccncc1C1O[C@H](CO)[C@@H](O)[C@H](O)[C@H]1N. The summed E-state index contributed by atoms with van der Waals surface area (Å²) in [6.45, 7) is 0.574. The fourth-order valence-corrected chi connectivity index (χ4v) is 2.52. The lowest BCUT2D eigenvalue weighted by atomic mass is 9.88. The van der Waals surface area contributed by atoms with Crippen LogP contribution in [0.4, 0.5) is 0 Å². The van der Waals surface area contributed by atoms with Crippen molar-refractivity contribution >= 4 is 11.8 Å². The highest BCUT2D eigenvalue weighted by molar-refractivity contribution is 6.04. The van der Waals surface area contributed by atoms with Crippen molar-refractivity contribution in [3.63, 3.8) is 0 Å². The molecule has 0 aromatic carbocycles. The van der Waals surface area contributed by atoms with Gasteiger partial charge in [0.25, 0.3) is 5.91 Å². The quantitative estimate of drug-likeness (QED) is 0.225. The first-order chi connectivity index (χ1) is 11.3. The lowest BCUT2D eigenvalue weighted by Crippen LogP contribution is -2.58. The Bertz CT molecular complexity index is 625. The van der Waals surface area contributed by atoms with Gasteiger partial charge in [0.15, 0.2) is 0 Å². The topological polar surface area (TPSA) is 172 Å². The van der Waals surface area contributed by atoms with E-state index in [4.69, 9.17) is 16.3 Å². The molecule has 5 atom stereocenters. The number of carbonyl (C=O) groups excluding carboxylic acids is 2. The molecular weight excluding hydrogens is 320 g/mol. The number of rotatable bonds is 3. The van der Waals surface area contributed by atoms with Crippen molar-refractivity contribution < 1.29 is 29.6 Å². The molecule has 1 aliphatic heterocycles. The lowest BCUT2D eigenvalue weighted by Gasteiger charge is -2.41. The van der Waals surface area contributed by atoms with Gasteiger partial charge in [0.1, 0.15) is 24.4 Å². The fourth-order valence-electron chi connectivity index (χ4n) is 2.52. The van der Waals surface area contributed by atoms with E-state index in [-0.39, 0.29) is 11.1 Å². The van der Waals surface area contributed by atoms with Crippen molar-refractivity contribution in [3.05, 3.63) is 29.6 Å². The van der Waals surface area contributed by atoms with Crippen LogP contribution in [0.1, 0.15) is 28.9 Å². The molecule has 2 rings (SSSR count). The van der Waals surface area contributed by atoms with Gasteiger partial charge in [-0.2, -0.15) is 0 Å². The van der Waals surface area contributed by atoms with Crippen LogP contribution in [0.2, 0.25) is 0 Å². The molecule has 0 bridgehead atoms. The second-order valence-electron chi connectivity index (χ2n) is 5.49. The summed E-state index contributed by atoms with van der Waals surface area (Å²) < 4.78 is 5.53. The van der Waals surface area contributed by atoms with E-state index in [1.165, 1.54) is 18.5 Å². The molecular formula is C14H20N4O6. The van der Waals surface area contributed by atoms with E-state index in [0.717, 1.165) is 6.92 Å². The van der Waals surface area contributed by atoms with Gasteiger partial charge in [-0.3, -0.25) is 14.6 Å². The largest absolute Gasteiger partial charge is 0.394 e. The fraction of sp³-hybridized carbons (Fsp3) is 0.500. The number of aliphatic hydroxyl groups excluding tert-OH is 3. The average molecular weight is 340 g/mol. The number of amides is 2. The maximum atomic E-state index is 12.3. The van der Waals surface area contributed by atoms with E-state index in [1.54, 1.807) is 0 Å². The minimum Gasteiger partial charge on any atom is -0.394 e. The molecule has 132 valence electrons. The lowest BCUT2D eigenvalue weighted by molar-refractivity contribution is -0.191. The minimum atomic E-state index is -1.38. The third-order valence-corrected chi connectivity index (χ3v) is 3.92. The minimum absolute atomic E-state index is 0.0171. The molecule has 1 saturated heterocycles. The van der Waals surface area contributed by atoms with Crippen molar-refractivity contribution in [1.82, 2.24) is 9.99 Å². The van der Waals surface area contributed by atoms with Gasteiger partial charge in [0.05, 0.1) is 18.2 Å². The molecule has 1 fully saturated rings. The normalized spacial score (nSPS) is 30.0. The van der Waals surface area contributed by atoms with Gasteiger partial charge in [0, 0.05) is 24.9 Å². The molecule has 1 aliphatic rings. The molecule has 10 nitrogen and oxygen atoms in total. The molecule has 2 amide bonds. The average Bonchev–Trinajstić information content (AvgIpc) is 2.58. The first kappa shape index (κ1) is 18.4. The number of nitrogens with two attached hydrogens (primary N) is 2. The number of hydrazine groups is 1. The number of nitrogens with zero attached hydrogens (tertiary/aromatic N) is 2. The van der Waals surface area contributed by atoms with Crippen LogP contribution in [-0.4, -0.2) is 68.1 Å². The van der Waals surface area contributed by atoms with Crippen LogP contribution in [0.5, 0.6) is 0 Å². The summed E-state index contributed by atoms with van der Waals surface area (Å²) in [6.07, 6.45) is -2.26. The molecule has 1 aromatic rings. The van der Waals surface area contributed by atoms with Crippen molar-refractivity contribution in [1.29, 1.82) is 0 Å². The standard InChI is InChI=1S/C14H20N4O6/c1-6(20)18(16)14(23)7-2-3-17-4-8(7)13-10(15)12(22)11(21)9(5-19)24-13/h2-4,9-13,19,21-22H,5,15-16H2,1H3/t9-,10-,11-,12-,13?/m1/s1. The smallest absolute Gasteiger partial charge is 0.275 e. The van der Waals surface area contributed by atoms with E-state index in [1.807, 2.05) is 0 Å². The summed E-state index contributed by atoms with van der Waals surface area (Å²) in [4.78, 5) is 27.6. The van der Waals surface area contributed by atoms with Crippen LogP contribution in [0.3, 0.4) is 0 Å². The van der Waals surface area contributed by atoms with Gasteiger partial charge in [0.2, 0.25) is 5.91 Å². The van der Waals surface area contributed by atoms with E-state index in [9.17, 15) is 24.9 Å². The van der Waals surface area contributed by atoms with Gasteiger partial charge < -0.3 is 25.8 Å². The molecule has 1 unspecified atom stereocenters. The van der Waals surface area contributed by atoms with Crippen LogP contribution < -0.4 is 11.6 Å². The first-order valence-corrected chi connectivity index (χ1v) is 7.21. The predicted molar refractivity (Wildman–Crippen MR) is 80.0 cm³/mol.